The molecule has 0 aliphatic heterocycles. The number of furan rings is 2. The van der Waals surface area contributed by atoms with E-state index in [4.69, 9.17) is 8.83 Å². The van der Waals surface area contributed by atoms with Gasteiger partial charge in [0, 0.05) is 21.5 Å². The van der Waals surface area contributed by atoms with Gasteiger partial charge in [-0.05, 0) is 91.8 Å². The summed E-state index contributed by atoms with van der Waals surface area (Å²) in [6.45, 7) is 0. The molecule has 10 aromatic rings. The van der Waals surface area contributed by atoms with Gasteiger partial charge in [0.2, 0.25) is 0 Å². The van der Waals surface area contributed by atoms with Gasteiger partial charge in [0.1, 0.15) is 22.3 Å². The van der Waals surface area contributed by atoms with E-state index >= 15 is 0 Å². The van der Waals surface area contributed by atoms with E-state index in [0.717, 1.165) is 66.1 Å². The van der Waals surface area contributed by atoms with Gasteiger partial charge in [0.25, 0.3) is 0 Å². The van der Waals surface area contributed by atoms with Crippen LogP contribution in [0.4, 0.5) is 0 Å². The normalized spacial score (nSPS) is 11.9. The van der Waals surface area contributed by atoms with Gasteiger partial charge in [0.15, 0.2) is 0 Å². The lowest BCUT2D eigenvalue weighted by Crippen LogP contribution is -1.82. The van der Waals surface area contributed by atoms with Crippen LogP contribution in [0.5, 0.6) is 0 Å². The summed E-state index contributed by atoms with van der Waals surface area (Å²) in [4.78, 5) is 0. The second-order valence-corrected chi connectivity index (χ2v) is 12.1. The summed E-state index contributed by atoms with van der Waals surface area (Å²) in [7, 11) is 0. The molecule has 214 valence electrons. The van der Waals surface area contributed by atoms with Crippen LogP contribution in [-0.2, 0) is 0 Å². The number of fused-ring (bicyclic) bond motifs is 8. The molecule has 2 nitrogen and oxygen atoms in total. The molecule has 0 spiro atoms. The molecule has 0 N–H and O–H groups in total. The summed E-state index contributed by atoms with van der Waals surface area (Å²) in [5.74, 6) is 0. The molecule has 0 amide bonds. The zero-order valence-electron chi connectivity index (χ0n) is 24.8. The summed E-state index contributed by atoms with van der Waals surface area (Å²) in [6.07, 6.45) is 0. The molecule has 0 saturated carbocycles. The smallest absolute Gasteiger partial charge is 0.147 e. The lowest BCUT2D eigenvalue weighted by Gasteiger charge is -2.06. The third kappa shape index (κ3) is 3.84. The zero-order chi connectivity index (χ0) is 30.2. The van der Waals surface area contributed by atoms with E-state index in [1.54, 1.807) is 0 Å². The molecule has 46 heavy (non-hydrogen) atoms. The minimum Gasteiger partial charge on any atom is -0.455 e. The molecule has 8 aromatic carbocycles. The largest absolute Gasteiger partial charge is 0.455 e. The first kappa shape index (κ1) is 25.2. The van der Waals surface area contributed by atoms with E-state index in [9.17, 15) is 0 Å². The van der Waals surface area contributed by atoms with Crippen molar-refractivity contribution in [2.45, 2.75) is 0 Å². The average molecular weight is 587 g/mol. The van der Waals surface area contributed by atoms with Crippen molar-refractivity contribution in [1.29, 1.82) is 0 Å². The Balaban J connectivity index is 1.24. The molecular formula is C44H26O2. The first-order valence-corrected chi connectivity index (χ1v) is 15.7. The van der Waals surface area contributed by atoms with Crippen molar-refractivity contribution in [1.82, 2.24) is 0 Å². The monoisotopic (exact) mass is 586 g/mol. The molecule has 0 atom stereocenters. The molecule has 0 unspecified atom stereocenters. The average Bonchev–Trinajstić information content (AvgIpc) is 3.67. The molecule has 0 radical (unpaired) electrons. The van der Waals surface area contributed by atoms with E-state index in [1.807, 2.05) is 6.07 Å². The van der Waals surface area contributed by atoms with E-state index < -0.39 is 0 Å². The van der Waals surface area contributed by atoms with Crippen LogP contribution in [0.15, 0.2) is 167 Å². The summed E-state index contributed by atoms with van der Waals surface area (Å²) in [5, 5.41) is 9.32. The fraction of sp³-hybridized carbons (Fsp3) is 0. The molecule has 2 heteroatoms. The number of rotatable bonds is 3. The number of hydrogen-bond donors (Lipinski definition) is 0. The van der Waals surface area contributed by atoms with Crippen molar-refractivity contribution in [3.63, 3.8) is 0 Å². The third-order valence-corrected chi connectivity index (χ3v) is 9.42. The maximum absolute atomic E-state index is 6.68. The Bertz CT molecular complexity index is 2630. The number of benzene rings is 8. The van der Waals surface area contributed by atoms with Gasteiger partial charge in [-0.15, -0.1) is 0 Å². The van der Waals surface area contributed by atoms with E-state index in [1.165, 1.54) is 32.7 Å². The van der Waals surface area contributed by atoms with Crippen LogP contribution < -0.4 is 0 Å². The van der Waals surface area contributed by atoms with Crippen LogP contribution >= 0.6 is 0 Å². The van der Waals surface area contributed by atoms with E-state index in [2.05, 4.69) is 152 Å². The Morgan fingerprint density at radius 3 is 1.24 bits per heavy atom. The highest BCUT2D eigenvalue weighted by Gasteiger charge is 2.21. The summed E-state index contributed by atoms with van der Waals surface area (Å²) in [5.41, 5.74) is 10.2. The predicted molar refractivity (Wildman–Crippen MR) is 192 cm³/mol. The zero-order valence-corrected chi connectivity index (χ0v) is 24.8. The third-order valence-electron chi connectivity index (χ3n) is 9.42. The minimum atomic E-state index is 0.846. The standard InChI is InChI=1S/C44H26O2/c1-2-10-29(11-3-1)42-43-38(36-24-34(18-20-40(36)45-43)32-16-14-27-8-4-6-12-30(27)22-32)26-39-37-25-35(19-21-41(37)46-44(39)42)33-17-15-28-9-5-7-13-31(28)23-33/h1-26H. The molecule has 10 rings (SSSR count). The van der Waals surface area contributed by atoms with Crippen LogP contribution in [0.25, 0.3) is 98.8 Å². The Morgan fingerprint density at radius 1 is 0.283 bits per heavy atom. The van der Waals surface area contributed by atoms with Crippen molar-refractivity contribution in [2.24, 2.45) is 0 Å². The summed E-state index contributed by atoms with van der Waals surface area (Å²) >= 11 is 0. The SMILES string of the molecule is c1ccc(-c2c3oc4ccc(-c5ccc6ccccc6c5)cc4c3cc3c2oc2ccc(-c4ccc5ccccc5c4)cc23)cc1. The van der Waals surface area contributed by atoms with Gasteiger partial charge in [-0.2, -0.15) is 0 Å². The van der Waals surface area contributed by atoms with E-state index in [0.29, 0.717) is 0 Å². The van der Waals surface area contributed by atoms with Gasteiger partial charge < -0.3 is 8.83 Å². The van der Waals surface area contributed by atoms with Gasteiger partial charge in [0.05, 0.1) is 5.56 Å². The Kier molecular flexibility index (Phi) is 5.31. The highest BCUT2D eigenvalue weighted by atomic mass is 16.3. The maximum Gasteiger partial charge on any atom is 0.147 e. The maximum atomic E-state index is 6.68. The fourth-order valence-corrected chi connectivity index (χ4v) is 7.10. The van der Waals surface area contributed by atoms with Crippen molar-refractivity contribution >= 4 is 65.4 Å². The summed E-state index contributed by atoms with van der Waals surface area (Å²) in [6, 6.07) is 56.1. The second kappa shape index (κ2) is 9.69. The molecule has 0 bridgehead atoms. The summed E-state index contributed by atoms with van der Waals surface area (Å²) < 4.78 is 13.4. The van der Waals surface area contributed by atoms with Crippen molar-refractivity contribution in [3.05, 3.63) is 158 Å². The van der Waals surface area contributed by atoms with E-state index in [-0.39, 0.29) is 0 Å². The fourth-order valence-electron chi connectivity index (χ4n) is 7.10. The lowest BCUT2D eigenvalue weighted by molar-refractivity contribution is 0.658. The van der Waals surface area contributed by atoms with Crippen molar-refractivity contribution in [2.75, 3.05) is 0 Å². The number of hydrogen-bond acceptors (Lipinski definition) is 2. The van der Waals surface area contributed by atoms with Crippen LogP contribution in [0, 0.1) is 0 Å². The molecule has 0 aliphatic rings. The van der Waals surface area contributed by atoms with Gasteiger partial charge in [-0.25, -0.2) is 0 Å². The molecule has 2 heterocycles. The first-order valence-electron chi connectivity index (χ1n) is 15.7. The van der Waals surface area contributed by atoms with Gasteiger partial charge in [-0.1, -0.05) is 115 Å². The highest BCUT2D eigenvalue weighted by molar-refractivity contribution is 6.22. The van der Waals surface area contributed by atoms with Crippen molar-refractivity contribution in [3.8, 4) is 33.4 Å². The second-order valence-electron chi connectivity index (χ2n) is 12.1. The Morgan fingerprint density at radius 2 is 0.717 bits per heavy atom. The molecule has 0 aliphatic carbocycles. The van der Waals surface area contributed by atoms with Crippen LogP contribution in [0.2, 0.25) is 0 Å². The lowest BCUT2D eigenvalue weighted by atomic mass is 9.96. The molecule has 0 saturated heterocycles. The highest BCUT2D eigenvalue weighted by Crippen LogP contribution is 2.45. The van der Waals surface area contributed by atoms with Crippen LogP contribution in [-0.4, -0.2) is 0 Å². The first-order chi connectivity index (χ1) is 22.8. The topological polar surface area (TPSA) is 26.3 Å². The van der Waals surface area contributed by atoms with Gasteiger partial charge in [-0.3, -0.25) is 0 Å². The molecule has 2 aromatic heterocycles. The van der Waals surface area contributed by atoms with Crippen LogP contribution in [0.1, 0.15) is 0 Å². The van der Waals surface area contributed by atoms with Crippen LogP contribution in [0.3, 0.4) is 0 Å². The minimum absolute atomic E-state index is 0.846. The molecule has 0 fully saturated rings. The predicted octanol–water partition coefficient (Wildman–Crippen LogP) is 12.8. The molecular weight excluding hydrogens is 560 g/mol. The Labute approximate surface area is 264 Å². The van der Waals surface area contributed by atoms with Crippen molar-refractivity contribution < 1.29 is 8.83 Å². The van der Waals surface area contributed by atoms with Gasteiger partial charge >= 0.3 is 0 Å². The quantitative estimate of drug-likeness (QED) is 0.206. The Hall–Kier alpha value is -6.12.